The Morgan fingerprint density at radius 2 is 1.82 bits per heavy atom. The second-order valence-corrected chi connectivity index (χ2v) is 9.90. The normalized spacial score (nSPS) is 15.6. The number of aromatic nitrogens is 1. The lowest BCUT2D eigenvalue weighted by atomic mass is 10.1. The number of hydrogen-bond donors (Lipinski definition) is 0. The number of anilines is 2. The summed E-state index contributed by atoms with van der Waals surface area (Å²) in [6, 6.07) is 17.2. The van der Waals surface area contributed by atoms with E-state index in [1.807, 2.05) is 59.5 Å². The quantitative estimate of drug-likeness (QED) is 0.519. The van der Waals surface area contributed by atoms with E-state index < -0.39 is 0 Å². The second-order valence-electron chi connectivity index (χ2n) is 8.43. The van der Waals surface area contributed by atoms with Gasteiger partial charge in [0, 0.05) is 60.9 Å². The Morgan fingerprint density at radius 1 is 1.03 bits per heavy atom. The molecule has 2 amide bonds. The Balaban J connectivity index is 1.26. The molecule has 0 unspecified atom stereocenters. The van der Waals surface area contributed by atoms with Crippen LogP contribution >= 0.6 is 23.4 Å². The van der Waals surface area contributed by atoms with Gasteiger partial charge in [-0.25, -0.2) is 4.98 Å². The fraction of sp³-hybridized carbons (Fsp3) is 0.269. The fourth-order valence-corrected chi connectivity index (χ4v) is 5.65. The maximum Gasteiger partial charge on any atom is 0.259 e. The lowest BCUT2D eigenvalue weighted by Gasteiger charge is -2.37. The molecule has 0 aliphatic carbocycles. The minimum Gasteiger partial charge on any atom is -0.368 e. The molecule has 3 aromatic rings. The van der Waals surface area contributed by atoms with Gasteiger partial charge in [-0.15, -0.1) is 0 Å². The third-order valence-electron chi connectivity index (χ3n) is 6.30. The zero-order valence-corrected chi connectivity index (χ0v) is 20.5. The number of benzene rings is 2. The molecule has 2 aromatic carbocycles. The Labute approximate surface area is 208 Å². The molecule has 1 saturated heterocycles. The number of nitrogens with zero attached hydrogens (tertiary/aromatic N) is 4. The Hall–Kier alpha value is -3.03. The highest BCUT2D eigenvalue weighted by Crippen LogP contribution is 2.39. The SMILES string of the molecule is Cc1ccc(Cl)cc1N1CCN(C(=O)CCN2C(=O)c3ccccc3Sc3ncccc32)CC1. The Morgan fingerprint density at radius 3 is 2.65 bits per heavy atom. The van der Waals surface area contributed by atoms with Crippen molar-refractivity contribution in [3.05, 3.63) is 76.9 Å². The van der Waals surface area contributed by atoms with Gasteiger partial charge in [0.05, 0.1) is 11.3 Å². The molecule has 0 radical (unpaired) electrons. The number of carbonyl (C=O) groups is 2. The molecule has 2 aliphatic heterocycles. The summed E-state index contributed by atoms with van der Waals surface area (Å²) in [5, 5.41) is 1.49. The first-order valence-electron chi connectivity index (χ1n) is 11.3. The summed E-state index contributed by atoms with van der Waals surface area (Å²) in [6.45, 7) is 5.20. The number of halogens is 1. The van der Waals surface area contributed by atoms with Crippen molar-refractivity contribution in [3.63, 3.8) is 0 Å². The highest BCUT2D eigenvalue weighted by atomic mass is 35.5. The van der Waals surface area contributed by atoms with Crippen LogP contribution in [0.25, 0.3) is 0 Å². The molecule has 0 N–H and O–H groups in total. The van der Waals surface area contributed by atoms with Crippen molar-refractivity contribution in [1.29, 1.82) is 0 Å². The third kappa shape index (κ3) is 4.50. The van der Waals surface area contributed by atoms with Crippen LogP contribution in [0.5, 0.6) is 0 Å². The van der Waals surface area contributed by atoms with Crippen LogP contribution < -0.4 is 9.80 Å². The van der Waals surface area contributed by atoms with Gasteiger partial charge in [-0.2, -0.15) is 0 Å². The van der Waals surface area contributed by atoms with Gasteiger partial charge in [0.1, 0.15) is 5.03 Å². The van der Waals surface area contributed by atoms with Crippen LogP contribution in [0.3, 0.4) is 0 Å². The molecule has 1 aromatic heterocycles. The second kappa shape index (κ2) is 9.68. The number of piperazine rings is 1. The van der Waals surface area contributed by atoms with Crippen molar-refractivity contribution in [2.24, 2.45) is 0 Å². The largest absolute Gasteiger partial charge is 0.368 e. The van der Waals surface area contributed by atoms with Crippen LogP contribution in [0.15, 0.2) is 70.7 Å². The fourth-order valence-electron chi connectivity index (χ4n) is 4.47. The molecular weight excluding hydrogens is 468 g/mol. The van der Waals surface area contributed by atoms with Gasteiger partial charge in [-0.05, 0) is 48.9 Å². The van der Waals surface area contributed by atoms with E-state index in [0.29, 0.717) is 25.2 Å². The zero-order valence-electron chi connectivity index (χ0n) is 18.9. The van der Waals surface area contributed by atoms with Gasteiger partial charge in [0.25, 0.3) is 5.91 Å². The molecule has 1 fully saturated rings. The molecule has 5 rings (SSSR count). The topological polar surface area (TPSA) is 56.8 Å². The van der Waals surface area contributed by atoms with Crippen molar-refractivity contribution in [3.8, 4) is 0 Å². The third-order valence-corrected chi connectivity index (χ3v) is 7.62. The number of hydrogen-bond acceptors (Lipinski definition) is 5. The minimum absolute atomic E-state index is 0.0610. The maximum atomic E-state index is 13.4. The molecule has 0 saturated carbocycles. The first kappa shape index (κ1) is 22.7. The van der Waals surface area contributed by atoms with Gasteiger partial charge in [-0.1, -0.05) is 41.6 Å². The highest BCUT2D eigenvalue weighted by Gasteiger charge is 2.29. The van der Waals surface area contributed by atoms with Crippen LogP contribution in [0, 0.1) is 6.92 Å². The van der Waals surface area contributed by atoms with Gasteiger partial charge in [0.2, 0.25) is 5.91 Å². The lowest BCUT2D eigenvalue weighted by molar-refractivity contribution is -0.131. The van der Waals surface area contributed by atoms with E-state index in [1.54, 1.807) is 11.1 Å². The van der Waals surface area contributed by atoms with Gasteiger partial charge in [-0.3, -0.25) is 9.59 Å². The van der Waals surface area contributed by atoms with E-state index in [9.17, 15) is 9.59 Å². The molecular formula is C26H25ClN4O2S. The average molecular weight is 493 g/mol. The summed E-state index contributed by atoms with van der Waals surface area (Å²) < 4.78 is 0. The number of amides is 2. The lowest BCUT2D eigenvalue weighted by Crippen LogP contribution is -2.49. The van der Waals surface area contributed by atoms with Crippen molar-refractivity contribution >= 4 is 46.6 Å². The monoisotopic (exact) mass is 492 g/mol. The summed E-state index contributed by atoms with van der Waals surface area (Å²) in [4.78, 5) is 37.7. The summed E-state index contributed by atoms with van der Waals surface area (Å²) in [6.07, 6.45) is 2.00. The standard InChI is InChI=1S/C26H25ClN4O2S/c1-18-8-9-19(27)17-22(18)29-13-15-30(16-14-29)24(32)10-12-31-21-6-4-11-28-25(21)34-23-7-3-2-5-20(23)26(31)33/h2-9,11,17H,10,12-16H2,1H3. The van der Waals surface area contributed by atoms with E-state index in [2.05, 4.69) is 16.8 Å². The number of fused-ring (bicyclic) bond motifs is 2. The van der Waals surface area contributed by atoms with E-state index >= 15 is 0 Å². The van der Waals surface area contributed by atoms with Gasteiger partial charge in [0.15, 0.2) is 0 Å². The summed E-state index contributed by atoms with van der Waals surface area (Å²) >= 11 is 7.68. The van der Waals surface area contributed by atoms with Crippen molar-refractivity contribution in [2.75, 3.05) is 42.5 Å². The van der Waals surface area contributed by atoms with Crippen LogP contribution in [0.1, 0.15) is 22.3 Å². The number of rotatable bonds is 4. The average Bonchev–Trinajstić information content (AvgIpc) is 2.98. The van der Waals surface area contributed by atoms with Gasteiger partial charge < -0.3 is 14.7 Å². The maximum absolute atomic E-state index is 13.4. The molecule has 3 heterocycles. The van der Waals surface area contributed by atoms with Crippen molar-refractivity contribution < 1.29 is 9.59 Å². The molecule has 8 heteroatoms. The van der Waals surface area contributed by atoms with Crippen molar-refractivity contribution in [1.82, 2.24) is 9.88 Å². The van der Waals surface area contributed by atoms with Crippen molar-refractivity contribution in [2.45, 2.75) is 23.3 Å². The number of pyridine rings is 1. The van der Waals surface area contributed by atoms with Crippen LogP contribution in [-0.2, 0) is 4.79 Å². The number of aryl methyl sites for hydroxylation is 1. The first-order chi connectivity index (χ1) is 16.5. The zero-order chi connectivity index (χ0) is 23.7. The Bertz CT molecular complexity index is 1240. The highest BCUT2D eigenvalue weighted by molar-refractivity contribution is 7.99. The van der Waals surface area contributed by atoms with Crippen LogP contribution in [0.4, 0.5) is 11.4 Å². The molecule has 34 heavy (non-hydrogen) atoms. The summed E-state index contributed by atoms with van der Waals surface area (Å²) in [5.41, 5.74) is 3.69. The minimum atomic E-state index is -0.0936. The molecule has 0 bridgehead atoms. The molecule has 0 spiro atoms. The van der Waals surface area contributed by atoms with Crippen LogP contribution in [-0.4, -0.2) is 54.4 Å². The van der Waals surface area contributed by atoms with E-state index in [0.717, 1.165) is 39.4 Å². The van der Waals surface area contributed by atoms with E-state index in [1.165, 1.54) is 17.3 Å². The molecule has 174 valence electrons. The summed E-state index contributed by atoms with van der Waals surface area (Å²) in [7, 11) is 0. The van der Waals surface area contributed by atoms with E-state index in [4.69, 9.17) is 11.6 Å². The van der Waals surface area contributed by atoms with E-state index in [-0.39, 0.29) is 18.2 Å². The van der Waals surface area contributed by atoms with Gasteiger partial charge >= 0.3 is 0 Å². The van der Waals surface area contributed by atoms with Crippen LogP contribution in [0.2, 0.25) is 5.02 Å². The predicted octanol–water partition coefficient (Wildman–Crippen LogP) is 4.89. The first-order valence-corrected chi connectivity index (χ1v) is 12.5. The molecule has 0 atom stereocenters. The molecule has 2 aliphatic rings. The smallest absolute Gasteiger partial charge is 0.259 e. The molecule has 6 nitrogen and oxygen atoms in total. The Kier molecular flexibility index (Phi) is 6.48. The summed E-state index contributed by atoms with van der Waals surface area (Å²) in [5.74, 6) is -0.0326. The predicted molar refractivity (Wildman–Crippen MR) is 136 cm³/mol. The number of carbonyl (C=O) groups excluding carboxylic acids is 2.